The fourth-order valence-electron chi connectivity index (χ4n) is 4.82. The van der Waals surface area contributed by atoms with Crippen molar-refractivity contribution in [2.24, 2.45) is 16.2 Å². The van der Waals surface area contributed by atoms with Crippen LogP contribution in [0.5, 0.6) is 0 Å². The van der Waals surface area contributed by atoms with E-state index in [1.807, 2.05) is 7.11 Å². The summed E-state index contributed by atoms with van der Waals surface area (Å²) in [6, 6.07) is 1.29. The summed E-state index contributed by atoms with van der Waals surface area (Å²) in [6.45, 7) is 14.4. The van der Waals surface area contributed by atoms with Gasteiger partial charge in [-0.05, 0) is 36.5 Å². The molecule has 0 saturated heterocycles. The second-order valence-electron chi connectivity index (χ2n) is 9.11. The van der Waals surface area contributed by atoms with Gasteiger partial charge in [-0.25, -0.2) is 0 Å². The van der Waals surface area contributed by atoms with E-state index in [4.69, 9.17) is 4.74 Å². The van der Waals surface area contributed by atoms with E-state index in [1.165, 1.54) is 25.7 Å². The van der Waals surface area contributed by atoms with Crippen molar-refractivity contribution in [2.75, 3.05) is 7.11 Å². The number of rotatable bonds is 3. The largest absolute Gasteiger partial charge is 0.381 e. The zero-order valence-corrected chi connectivity index (χ0v) is 14.0. The fraction of sp³-hybridized carbons (Fsp3) is 1.00. The lowest BCUT2D eigenvalue weighted by Gasteiger charge is -2.54. The molecule has 2 fully saturated rings. The quantitative estimate of drug-likeness (QED) is 0.834. The van der Waals surface area contributed by atoms with Crippen molar-refractivity contribution in [2.45, 2.75) is 85.4 Å². The molecule has 2 saturated carbocycles. The molecule has 0 aliphatic heterocycles. The maximum atomic E-state index is 5.56. The van der Waals surface area contributed by atoms with Crippen molar-refractivity contribution in [3.8, 4) is 0 Å². The molecule has 0 heterocycles. The maximum absolute atomic E-state index is 5.56. The topological polar surface area (TPSA) is 21.3 Å². The van der Waals surface area contributed by atoms with Crippen molar-refractivity contribution >= 4 is 0 Å². The molecule has 19 heavy (non-hydrogen) atoms. The Morgan fingerprint density at radius 3 is 1.89 bits per heavy atom. The van der Waals surface area contributed by atoms with Gasteiger partial charge < -0.3 is 10.1 Å². The summed E-state index contributed by atoms with van der Waals surface area (Å²) >= 11 is 0. The molecule has 2 nitrogen and oxygen atoms in total. The van der Waals surface area contributed by atoms with E-state index in [0.29, 0.717) is 29.0 Å². The first-order valence-electron chi connectivity index (χ1n) is 7.85. The third-order valence-corrected chi connectivity index (χ3v) is 5.45. The van der Waals surface area contributed by atoms with E-state index < -0.39 is 0 Å². The lowest BCUT2D eigenvalue weighted by molar-refractivity contribution is -0.104. The third-order valence-electron chi connectivity index (χ3n) is 5.45. The van der Waals surface area contributed by atoms with E-state index in [2.05, 4.69) is 46.9 Å². The molecule has 2 aliphatic rings. The minimum absolute atomic E-state index is 0.278. The highest BCUT2D eigenvalue weighted by atomic mass is 16.5. The monoisotopic (exact) mass is 267 g/mol. The lowest BCUT2D eigenvalue weighted by Crippen LogP contribution is -2.63. The fourth-order valence-corrected chi connectivity index (χ4v) is 4.82. The molecule has 2 aliphatic carbocycles. The Morgan fingerprint density at radius 2 is 1.47 bits per heavy atom. The van der Waals surface area contributed by atoms with E-state index in [0.717, 1.165) is 0 Å². The Hall–Kier alpha value is -0.0800. The second-order valence-corrected chi connectivity index (χ2v) is 9.11. The van der Waals surface area contributed by atoms with E-state index in [9.17, 15) is 0 Å². The van der Waals surface area contributed by atoms with Gasteiger partial charge in [0.1, 0.15) is 0 Å². The average molecular weight is 267 g/mol. The van der Waals surface area contributed by atoms with Gasteiger partial charge in [-0.3, -0.25) is 0 Å². The summed E-state index contributed by atoms with van der Waals surface area (Å²) in [5.74, 6) is 0. The van der Waals surface area contributed by atoms with Gasteiger partial charge in [0, 0.05) is 24.6 Å². The van der Waals surface area contributed by atoms with Gasteiger partial charge >= 0.3 is 0 Å². The van der Waals surface area contributed by atoms with E-state index >= 15 is 0 Å². The number of nitrogens with one attached hydrogen (secondary N) is 1. The molecular weight excluding hydrogens is 234 g/mol. The van der Waals surface area contributed by atoms with Crippen LogP contribution in [0.3, 0.4) is 0 Å². The molecule has 0 aromatic rings. The van der Waals surface area contributed by atoms with Crippen LogP contribution < -0.4 is 5.32 Å². The second kappa shape index (κ2) is 4.73. The van der Waals surface area contributed by atoms with Crippen molar-refractivity contribution in [3.63, 3.8) is 0 Å². The molecule has 112 valence electrons. The maximum Gasteiger partial charge on any atom is 0.0652 e. The van der Waals surface area contributed by atoms with Gasteiger partial charge in [0.15, 0.2) is 0 Å². The first kappa shape index (κ1) is 15.3. The normalized spacial score (nSPS) is 36.8. The zero-order chi connectivity index (χ0) is 14.5. The minimum atomic E-state index is 0.278. The SMILES string of the molecule is COC1CC(NC2CC(C)(C)CC(C)(C)C2)C1(C)C. The third kappa shape index (κ3) is 3.16. The van der Waals surface area contributed by atoms with Crippen LogP contribution in [-0.2, 0) is 4.74 Å². The predicted octanol–water partition coefficient (Wildman–Crippen LogP) is 3.99. The Labute approximate surface area is 119 Å². The van der Waals surface area contributed by atoms with Crippen molar-refractivity contribution in [3.05, 3.63) is 0 Å². The van der Waals surface area contributed by atoms with Gasteiger partial charge in [0.05, 0.1) is 6.10 Å². The Morgan fingerprint density at radius 1 is 0.947 bits per heavy atom. The van der Waals surface area contributed by atoms with Crippen LogP contribution >= 0.6 is 0 Å². The Bertz CT molecular complexity index is 316. The highest BCUT2D eigenvalue weighted by Gasteiger charge is 2.50. The van der Waals surface area contributed by atoms with Crippen LogP contribution in [-0.4, -0.2) is 25.3 Å². The van der Waals surface area contributed by atoms with Crippen molar-refractivity contribution in [1.29, 1.82) is 0 Å². The van der Waals surface area contributed by atoms with Gasteiger partial charge in [0.2, 0.25) is 0 Å². The van der Waals surface area contributed by atoms with E-state index in [1.54, 1.807) is 0 Å². The van der Waals surface area contributed by atoms with Gasteiger partial charge in [0.25, 0.3) is 0 Å². The smallest absolute Gasteiger partial charge is 0.0652 e. The van der Waals surface area contributed by atoms with Gasteiger partial charge in [-0.1, -0.05) is 41.5 Å². The molecule has 2 unspecified atom stereocenters. The standard InChI is InChI=1S/C17H33NO/c1-15(2)9-12(10-16(3,4)11-15)18-13-8-14(19-7)17(13,5)6/h12-14,18H,8-11H2,1-7H3. The molecule has 2 rings (SSSR count). The molecule has 0 spiro atoms. The Kier molecular flexibility index (Phi) is 3.81. The first-order chi connectivity index (χ1) is 8.56. The number of hydrogen-bond acceptors (Lipinski definition) is 2. The summed E-state index contributed by atoms with van der Waals surface area (Å²) in [5, 5.41) is 3.94. The molecule has 0 aromatic carbocycles. The molecule has 0 aromatic heterocycles. The molecule has 0 bridgehead atoms. The highest BCUT2D eigenvalue weighted by Crippen LogP contribution is 2.48. The first-order valence-corrected chi connectivity index (χ1v) is 7.85. The molecule has 1 N–H and O–H groups in total. The molecule has 2 heteroatoms. The summed E-state index contributed by atoms with van der Waals surface area (Å²) in [4.78, 5) is 0. The lowest BCUT2D eigenvalue weighted by atomic mass is 9.61. The van der Waals surface area contributed by atoms with Gasteiger partial charge in [-0.2, -0.15) is 0 Å². The van der Waals surface area contributed by atoms with Crippen LogP contribution in [0.4, 0.5) is 0 Å². The van der Waals surface area contributed by atoms with Crippen LogP contribution in [0.1, 0.15) is 67.2 Å². The number of hydrogen-bond donors (Lipinski definition) is 1. The number of ether oxygens (including phenoxy) is 1. The molecule has 2 atom stereocenters. The summed E-state index contributed by atoms with van der Waals surface area (Å²) in [6.07, 6.45) is 5.55. The minimum Gasteiger partial charge on any atom is -0.381 e. The van der Waals surface area contributed by atoms with Crippen molar-refractivity contribution < 1.29 is 4.74 Å². The summed E-state index contributed by atoms with van der Waals surface area (Å²) < 4.78 is 5.56. The van der Waals surface area contributed by atoms with Crippen LogP contribution in [0, 0.1) is 16.2 Å². The average Bonchev–Trinajstić information content (AvgIpc) is 2.19. The van der Waals surface area contributed by atoms with Crippen LogP contribution in [0.2, 0.25) is 0 Å². The Balaban J connectivity index is 1.97. The van der Waals surface area contributed by atoms with Crippen LogP contribution in [0.25, 0.3) is 0 Å². The highest BCUT2D eigenvalue weighted by molar-refractivity contribution is 5.05. The van der Waals surface area contributed by atoms with Crippen LogP contribution in [0.15, 0.2) is 0 Å². The molecule has 0 amide bonds. The molecule has 0 radical (unpaired) electrons. The number of methoxy groups -OCH3 is 1. The van der Waals surface area contributed by atoms with Crippen molar-refractivity contribution in [1.82, 2.24) is 5.32 Å². The van der Waals surface area contributed by atoms with E-state index in [-0.39, 0.29) is 5.41 Å². The van der Waals surface area contributed by atoms with Gasteiger partial charge in [-0.15, -0.1) is 0 Å². The zero-order valence-electron chi connectivity index (χ0n) is 14.0. The predicted molar refractivity (Wildman–Crippen MR) is 81.3 cm³/mol. The molecular formula is C17H33NO. The summed E-state index contributed by atoms with van der Waals surface area (Å²) in [5.41, 5.74) is 1.21. The summed E-state index contributed by atoms with van der Waals surface area (Å²) in [7, 11) is 1.84.